The second kappa shape index (κ2) is 5.53. The topological polar surface area (TPSA) is 64.1 Å². The van der Waals surface area contributed by atoms with E-state index in [9.17, 15) is 5.11 Å². The number of hydrogen-bond acceptors (Lipinski definition) is 3. The first-order valence-electron chi connectivity index (χ1n) is 4.82. The van der Waals surface area contributed by atoms with Gasteiger partial charge in [-0.3, -0.25) is 4.68 Å². The van der Waals surface area contributed by atoms with E-state index in [0.717, 1.165) is 11.1 Å². The number of aromatic nitrogens is 2. The van der Waals surface area contributed by atoms with Gasteiger partial charge in [0, 0.05) is 23.9 Å². The van der Waals surface area contributed by atoms with E-state index in [1.54, 1.807) is 23.0 Å². The molecule has 0 unspecified atom stereocenters. The van der Waals surface area contributed by atoms with Gasteiger partial charge in [-0.1, -0.05) is 18.2 Å². The summed E-state index contributed by atoms with van der Waals surface area (Å²) in [6, 6.07) is 7.20. The van der Waals surface area contributed by atoms with Crippen LogP contribution in [0.25, 0.3) is 11.1 Å². The Kier molecular flexibility index (Phi) is 4.34. The summed E-state index contributed by atoms with van der Waals surface area (Å²) in [6.07, 6.45) is 3.60. The smallest absolute Gasteiger partial charge is 0.123 e. The first-order chi connectivity index (χ1) is 7.31. The second-order valence-corrected chi connectivity index (χ2v) is 3.30. The molecule has 0 saturated heterocycles. The summed E-state index contributed by atoms with van der Waals surface area (Å²) in [4.78, 5) is 0. The van der Waals surface area contributed by atoms with Gasteiger partial charge in [0.25, 0.3) is 0 Å². The van der Waals surface area contributed by atoms with E-state index in [1.165, 1.54) is 0 Å². The van der Waals surface area contributed by atoms with Gasteiger partial charge < -0.3 is 10.8 Å². The minimum atomic E-state index is 0. The molecule has 0 bridgehead atoms. The Morgan fingerprint density at radius 2 is 2.06 bits per heavy atom. The standard InChI is InChI=1S/C11H13N3O.ClH/c12-5-6-14-8-9(7-13-14)10-3-1-2-4-11(10)15;/h1-4,7-8,15H,5-6,12H2;1H. The highest BCUT2D eigenvalue weighted by Crippen LogP contribution is 2.27. The molecule has 0 spiro atoms. The number of nitrogens with two attached hydrogens (primary N) is 1. The average Bonchev–Trinajstić information content (AvgIpc) is 2.68. The maximum absolute atomic E-state index is 9.64. The molecule has 86 valence electrons. The molecule has 0 aliphatic rings. The predicted molar refractivity (Wildman–Crippen MR) is 65.6 cm³/mol. The quantitative estimate of drug-likeness (QED) is 0.856. The Labute approximate surface area is 100 Å². The minimum Gasteiger partial charge on any atom is -0.507 e. The van der Waals surface area contributed by atoms with Crippen LogP contribution < -0.4 is 5.73 Å². The number of benzene rings is 1. The fraction of sp³-hybridized carbons (Fsp3) is 0.182. The summed E-state index contributed by atoms with van der Waals surface area (Å²) < 4.78 is 1.77. The van der Waals surface area contributed by atoms with Crippen molar-refractivity contribution in [1.29, 1.82) is 0 Å². The van der Waals surface area contributed by atoms with Crippen LogP contribution in [0.5, 0.6) is 5.75 Å². The Morgan fingerprint density at radius 3 is 2.75 bits per heavy atom. The summed E-state index contributed by atoms with van der Waals surface area (Å²) in [5.41, 5.74) is 7.12. The van der Waals surface area contributed by atoms with Gasteiger partial charge in [0.1, 0.15) is 5.75 Å². The van der Waals surface area contributed by atoms with Crippen LogP contribution in [-0.2, 0) is 6.54 Å². The lowest BCUT2D eigenvalue weighted by Gasteiger charge is -2.00. The molecule has 0 aliphatic carbocycles. The third-order valence-corrected chi connectivity index (χ3v) is 2.21. The molecule has 16 heavy (non-hydrogen) atoms. The van der Waals surface area contributed by atoms with E-state index >= 15 is 0 Å². The van der Waals surface area contributed by atoms with Crippen molar-refractivity contribution in [3.8, 4) is 16.9 Å². The molecule has 3 N–H and O–H groups in total. The third kappa shape index (κ3) is 2.53. The second-order valence-electron chi connectivity index (χ2n) is 3.30. The van der Waals surface area contributed by atoms with Gasteiger partial charge in [-0.05, 0) is 6.07 Å². The summed E-state index contributed by atoms with van der Waals surface area (Å²) in [5, 5.41) is 13.8. The molecule has 0 aliphatic heterocycles. The normalized spacial score (nSPS) is 9.81. The highest BCUT2D eigenvalue weighted by Gasteiger charge is 2.05. The van der Waals surface area contributed by atoms with Crippen molar-refractivity contribution in [2.75, 3.05) is 6.54 Å². The third-order valence-electron chi connectivity index (χ3n) is 2.21. The monoisotopic (exact) mass is 239 g/mol. The van der Waals surface area contributed by atoms with Gasteiger partial charge >= 0.3 is 0 Å². The fourth-order valence-electron chi connectivity index (χ4n) is 1.47. The zero-order valence-electron chi connectivity index (χ0n) is 8.71. The van der Waals surface area contributed by atoms with Crippen molar-refractivity contribution < 1.29 is 5.11 Å². The van der Waals surface area contributed by atoms with E-state index in [-0.39, 0.29) is 18.2 Å². The Balaban J connectivity index is 0.00000128. The number of phenolic OH excluding ortho intramolecular Hbond substituents is 1. The maximum Gasteiger partial charge on any atom is 0.123 e. The van der Waals surface area contributed by atoms with Crippen molar-refractivity contribution in [2.24, 2.45) is 5.73 Å². The van der Waals surface area contributed by atoms with Gasteiger partial charge in [0.2, 0.25) is 0 Å². The SMILES string of the molecule is Cl.NCCn1cc(-c2ccccc2O)cn1. The van der Waals surface area contributed by atoms with Crippen LogP contribution >= 0.6 is 12.4 Å². The van der Waals surface area contributed by atoms with E-state index < -0.39 is 0 Å². The molecular weight excluding hydrogens is 226 g/mol. The van der Waals surface area contributed by atoms with Crippen LogP contribution in [0.15, 0.2) is 36.7 Å². The lowest BCUT2D eigenvalue weighted by molar-refractivity contribution is 0.477. The summed E-state index contributed by atoms with van der Waals surface area (Å²) >= 11 is 0. The van der Waals surface area contributed by atoms with E-state index in [2.05, 4.69) is 5.10 Å². The summed E-state index contributed by atoms with van der Waals surface area (Å²) in [5.74, 6) is 0.268. The number of para-hydroxylation sites is 1. The summed E-state index contributed by atoms with van der Waals surface area (Å²) in [7, 11) is 0. The molecule has 0 saturated carbocycles. The van der Waals surface area contributed by atoms with Gasteiger partial charge in [0.15, 0.2) is 0 Å². The van der Waals surface area contributed by atoms with Crippen LogP contribution in [0.2, 0.25) is 0 Å². The van der Waals surface area contributed by atoms with E-state index in [1.807, 2.05) is 18.3 Å². The predicted octanol–water partition coefficient (Wildman–Crippen LogP) is 1.64. The molecule has 4 nitrogen and oxygen atoms in total. The zero-order chi connectivity index (χ0) is 10.7. The minimum absolute atomic E-state index is 0. The largest absolute Gasteiger partial charge is 0.507 e. The number of phenols is 1. The molecule has 2 aromatic rings. The summed E-state index contributed by atoms with van der Waals surface area (Å²) in [6.45, 7) is 1.25. The number of rotatable bonds is 3. The van der Waals surface area contributed by atoms with Crippen LogP contribution in [-0.4, -0.2) is 21.4 Å². The molecule has 2 rings (SSSR count). The average molecular weight is 240 g/mol. The molecule has 0 atom stereocenters. The molecule has 0 amide bonds. The van der Waals surface area contributed by atoms with E-state index in [4.69, 9.17) is 5.73 Å². The fourth-order valence-corrected chi connectivity index (χ4v) is 1.47. The number of halogens is 1. The van der Waals surface area contributed by atoms with Crippen molar-refractivity contribution in [3.05, 3.63) is 36.7 Å². The van der Waals surface area contributed by atoms with Crippen LogP contribution in [0, 0.1) is 0 Å². The molecule has 0 fully saturated rings. The molecule has 5 heteroatoms. The lowest BCUT2D eigenvalue weighted by Crippen LogP contribution is -2.09. The molecule has 0 radical (unpaired) electrons. The Hall–Kier alpha value is -1.52. The highest BCUT2D eigenvalue weighted by molar-refractivity contribution is 5.85. The first-order valence-corrected chi connectivity index (χ1v) is 4.82. The zero-order valence-corrected chi connectivity index (χ0v) is 9.52. The van der Waals surface area contributed by atoms with Crippen LogP contribution in [0.1, 0.15) is 0 Å². The van der Waals surface area contributed by atoms with Gasteiger partial charge in [-0.15, -0.1) is 12.4 Å². The molecule has 1 aromatic heterocycles. The Bertz CT molecular complexity index is 456. The van der Waals surface area contributed by atoms with Gasteiger partial charge in [0.05, 0.1) is 12.7 Å². The van der Waals surface area contributed by atoms with Crippen molar-refractivity contribution in [1.82, 2.24) is 9.78 Å². The molecule has 1 heterocycles. The maximum atomic E-state index is 9.64. The number of aromatic hydroxyl groups is 1. The van der Waals surface area contributed by atoms with E-state index in [0.29, 0.717) is 13.1 Å². The number of hydrogen-bond donors (Lipinski definition) is 2. The first kappa shape index (κ1) is 12.5. The van der Waals surface area contributed by atoms with Crippen molar-refractivity contribution in [3.63, 3.8) is 0 Å². The van der Waals surface area contributed by atoms with Gasteiger partial charge in [-0.2, -0.15) is 5.10 Å². The van der Waals surface area contributed by atoms with Gasteiger partial charge in [-0.25, -0.2) is 0 Å². The van der Waals surface area contributed by atoms with Crippen LogP contribution in [0.4, 0.5) is 0 Å². The number of nitrogens with zero attached hydrogens (tertiary/aromatic N) is 2. The molecular formula is C11H14ClN3O. The van der Waals surface area contributed by atoms with Crippen molar-refractivity contribution in [2.45, 2.75) is 6.54 Å². The highest BCUT2D eigenvalue weighted by atomic mass is 35.5. The lowest BCUT2D eigenvalue weighted by atomic mass is 10.1. The van der Waals surface area contributed by atoms with Crippen molar-refractivity contribution >= 4 is 12.4 Å². The van der Waals surface area contributed by atoms with Crippen LogP contribution in [0.3, 0.4) is 0 Å². The Morgan fingerprint density at radius 1 is 1.31 bits per heavy atom. The molecule has 1 aromatic carbocycles.